The van der Waals surface area contributed by atoms with Crippen LogP contribution in [0.5, 0.6) is 0 Å². The highest BCUT2D eigenvalue weighted by Gasteiger charge is 2.35. The van der Waals surface area contributed by atoms with Crippen LogP contribution in [0.4, 0.5) is 5.82 Å². The Bertz CT molecular complexity index is 448. The summed E-state index contributed by atoms with van der Waals surface area (Å²) < 4.78 is 0. The van der Waals surface area contributed by atoms with E-state index in [2.05, 4.69) is 29.8 Å². The zero-order valence-corrected chi connectivity index (χ0v) is 13.0. The van der Waals surface area contributed by atoms with Gasteiger partial charge in [-0.2, -0.15) is 0 Å². The molecule has 0 amide bonds. The second-order valence-electron chi connectivity index (χ2n) is 6.52. The normalized spacial score (nSPS) is 19.6. The van der Waals surface area contributed by atoms with Crippen LogP contribution in [-0.2, 0) is 0 Å². The Kier molecular flexibility index (Phi) is 4.66. The number of hydrogen-bond acceptors (Lipinski definition) is 4. The van der Waals surface area contributed by atoms with Gasteiger partial charge in [0.2, 0.25) is 0 Å². The fourth-order valence-corrected chi connectivity index (χ4v) is 3.08. The summed E-state index contributed by atoms with van der Waals surface area (Å²) in [7, 11) is 0. The molecule has 4 N–H and O–H groups in total. The molecule has 0 bridgehead atoms. The van der Waals surface area contributed by atoms with E-state index < -0.39 is 0 Å². The number of nitrogens with zero attached hydrogens (tertiary/aromatic N) is 2. The number of nitrogens with two attached hydrogens (primary N) is 2. The number of pyridine rings is 1. The highest BCUT2D eigenvalue weighted by molar-refractivity contribution is 5.44. The van der Waals surface area contributed by atoms with E-state index in [-0.39, 0.29) is 11.6 Å². The van der Waals surface area contributed by atoms with Gasteiger partial charge in [-0.1, -0.05) is 12.8 Å². The molecule has 1 saturated heterocycles. The number of aryl methyl sites for hydroxylation is 1. The molecular weight excluding hydrogens is 248 g/mol. The number of likely N-dealkylation sites (tertiary alicyclic amines) is 1. The molecule has 112 valence electrons. The van der Waals surface area contributed by atoms with Crippen molar-refractivity contribution >= 4 is 5.82 Å². The van der Waals surface area contributed by atoms with Crippen molar-refractivity contribution in [3.8, 4) is 0 Å². The molecule has 0 aromatic carbocycles. The highest BCUT2D eigenvalue weighted by atomic mass is 15.2. The van der Waals surface area contributed by atoms with E-state index in [4.69, 9.17) is 11.5 Å². The predicted molar refractivity (Wildman–Crippen MR) is 84.4 cm³/mol. The molecular formula is C16H28N4. The Morgan fingerprint density at radius 2 is 1.80 bits per heavy atom. The first-order chi connectivity index (χ1) is 9.43. The average molecular weight is 276 g/mol. The molecule has 1 fully saturated rings. The van der Waals surface area contributed by atoms with Crippen molar-refractivity contribution in [3.63, 3.8) is 0 Å². The maximum atomic E-state index is 6.56. The van der Waals surface area contributed by atoms with Crippen LogP contribution in [0.3, 0.4) is 0 Å². The van der Waals surface area contributed by atoms with Crippen LogP contribution >= 0.6 is 0 Å². The Balaban J connectivity index is 2.24. The van der Waals surface area contributed by atoms with Crippen LogP contribution in [0, 0.1) is 6.92 Å². The maximum absolute atomic E-state index is 6.56. The van der Waals surface area contributed by atoms with Gasteiger partial charge in [-0.3, -0.25) is 4.90 Å². The van der Waals surface area contributed by atoms with Gasteiger partial charge in [0.15, 0.2) is 0 Å². The van der Waals surface area contributed by atoms with Crippen molar-refractivity contribution in [1.82, 2.24) is 9.88 Å². The maximum Gasteiger partial charge on any atom is 0.128 e. The molecule has 1 unspecified atom stereocenters. The summed E-state index contributed by atoms with van der Waals surface area (Å²) in [5.41, 5.74) is 14.6. The van der Waals surface area contributed by atoms with Crippen LogP contribution in [0.25, 0.3) is 0 Å². The van der Waals surface area contributed by atoms with Gasteiger partial charge in [-0.25, -0.2) is 4.98 Å². The van der Waals surface area contributed by atoms with E-state index in [9.17, 15) is 0 Å². The van der Waals surface area contributed by atoms with Gasteiger partial charge in [0.1, 0.15) is 5.82 Å². The second kappa shape index (κ2) is 6.10. The topological polar surface area (TPSA) is 68.2 Å². The molecule has 0 radical (unpaired) electrons. The van der Waals surface area contributed by atoms with E-state index in [1.807, 2.05) is 6.92 Å². The van der Waals surface area contributed by atoms with E-state index in [0.29, 0.717) is 5.82 Å². The number of anilines is 1. The molecule has 2 rings (SSSR count). The minimum Gasteiger partial charge on any atom is -0.383 e. The fraction of sp³-hybridized carbons (Fsp3) is 0.688. The zero-order chi connectivity index (χ0) is 14.8. The number of aromatic nitrogens is 1. The summed E-state index contributed by atoms with van der Waals surface area (Å²) in [5, 5.41) is 0. The van der Waals surface area contributed by atoms with Crippen LogP contribution in [-0.4, -0.2) is 28.5 Å². The molecule has 1 aliphatic rings. The van der Waals surface area contributed by atoms with Gasteiger partial charge in [0, 0.05) is 17.3 Å². The van der Waals surface area contributed by atoms with E-state index in [1.165, 1.54) is 25.7 Å². The Morgan fingerprint density at radius 3 is 2.40 bits per heavy atom. The summed E-state index contributed by atoms with van der Waals surface area (Å²) in [5.74, 6) is 0.561. The SMILES string of the molecule is Cc1cnc(N)c(C(N)C(C)(C)N2CCCCCC2)c1. The minimum atomic E-state index is -0.118. The number of nitrogen functional groups attached to an aromatic ring is 1. The lowest BCUT2D eigenvalue weighted by molar-refractivity contribution is 0.0981. The molecule has 2 heterocycles. The van der Waals surface area contributed by atoms with Crippen molar-refractivity contribution in [1.29, 1.82) is 0 Å². The van der Waals surface area contributed by atoms with Gasteiger partial charge >= 0.3 is 0 Å². The molecule has 4 heteroatoms. The first-order valence-corrected chi connectivity index (χ1v) is 7.65. The van der Waals surface area contributed by atoms with Gasteiger partial charge in [0.25, 0.3) is 0 Å². The van der Waals surface area contributed by atoms with Crippen LogP contribution < -0.4 is 11.5 Å². The molecule has 20 heavy (non-hydrogen) atoms. The Morgan fingerprint density at radius 1 is 1.20 bits per heavy atom. The third kappa shape index (κ3) is 3.13. The summed E-state index contributed by atoms with van der Waals surface area (Å²) >= 11 is 0. The molecule has 4 nitrogen and oxygen atoms in total. The van der Waals surface area contributed by atoms with Crippen LogP contribution in [0.15, 0.2) is 12.3 Å². The summed E-state index contributed by atoms with van der Waals surface area (Å²) in [6.07, 6.45) is 6.98. The Hall–Kier alpha value is -1.13. The van der Waals surface area contributed by atoms with Crippen molar-refractivity contribution in [2.75, 3.05) is 18.8 Å². The monoisotopic (exact) mass is 276 g/mol. The molecule has 0 spiro atoms. The van der Waals surface area contributed by atoms with Gasteiger partial charge in [-0.05, 0) is 58.3 Å². The third-order valence-corrected chi connectivity index (χ3v) is 4.60. The van der Waals surface area contributed by atoms with E-state index in [0.717, 1.165) is 24.2 Å². The average Bonchev–Trinajstić information content (AvgIpc) is 2.70. The lowest BCUT2D eigenvalue weighted by Crippen LogP contribution is -2.51. The van der Waals surface area contributed by atoms with Gasteiger partial charge in [0.05, 0.1) is 6.04 Å². The lowest BCUT2D eigenvalue weighted by atomic mass is 9.87. The zero-order valence-electron chi connectivity index (χ0n) is 13.0. The van der Waals surface area contributed by atoms with Crippen molar-refractivity contribution in [2.45, 2.75) is 58.0 Å². The first-order valence-electron chi connectivity index (χ1n) is 7.65. The van der Waals surface area contributed by atoms with Crippen molar-refractivity contribution in [3.05, 3.63) is 23.4 Å². The van der Waals surface area contributed by atoms with Crippen LogP contribution in [0.1, 0.15) is 56.7 Å². The number of hydrogen-bond donors (Lipinski definition) is 2. The molecule has 1 aromatic rings. The summed E-state index contributed by atoms with van der Waals surface area (Å²) in [6, 6.07) is 1.96. The fourth-order valence-electron chi connectivity index (χ4n) is 3.08. The van der Waals surface area contributed by atoms with E-state index in [1.54, 1.807) is 6.20 Å². The highest BCUT2D eigenvalue weighted by Crippen LogP contribution is 2.33. The van der Waals surface area contributed by atoms with Gasteiger partial charge in [-0.15, -0.1) is 0 Å². The van der Waals surface area contributed by atoms with Crippen molar-refractivity contribution < 1.29 is 0 Å². The minimum absolute atomic E-state index is 0.103. The third-order valence-electron chi connectivity index (χ3n) is 4.60. The predicted octanol–water partition coefficient (Wildman–Crippen LogP) is 2.63. The van der Waals surface area contributed by atoms with E-state index >= 15 is 0 Å². The smallest absolute Gasteiger partial charge is 0.128 e. The van der Waals surface area contributed by atoms with Crippen LogP contribution in [0.2, 0.25) is 0 Å². The lowest BCUT2D eigenvalue weighted by Gasteiger charge is -2.42. The van der Waals surface area contributed by atoms with Gasteiger partial charge < -0.3 is 11.5 Å². The quantitative estimate of drug-likeness (QED) is 0.890. The standard InChI is InChI=1S/C16H28N4/c1-12-10-13(15(18)19-11-12)14(17)16(2,3)20-8-6-4-5-7-9-20/h10-11,14H,4-9,17H2,1-3H3,(H2,18,19). The largest absolute Gasteiger partial charge is 0.383 e. The summed E-state index contributed by atoms with van der Waals surface area (Å²) in [6.45, 7) is 8.73. The molecule has 1 aliphatic heterocycles. The number of rotatable bonds is 3. The molecule has 0 saturated carbocycles. The van der Waals surface area contributed by atoms with Crippen molar-refractivity contribution in [2.24, 2.45) is 5.73 Å². The summed E-state index contributed by atoms with van der Waals surface area (Å²) in [4.78, 5) is 6.78. The molecule has 1 aromatic heterocycles. The molecule has 0 aliphatic carbocycles. The second-order valence-corrected chi connectivity index (χ2v) is 6.52. The Labute approximate surface area is 122 Å². The molecule has 1 atom stereocenters. The first kappa shape index (κ1) is 15.3.